The van der Waals surface area contributed by atoms with Gasteiger partial charge in [-0.25, -0.2) is 0 Å². The van der Waals surface area contributed by atoms with Crippen molar-refractivity contribution in [1.82, 2.24) is 9.80 Å². The molecule has 1 saturated carbocycles. The molecule has 0 saturated heterocycles. The highest BCUT2D eigenvalue weighted by molar-refractivity contribution is 7.07. The average molecular weight is 296 g/mol. The van der Waals surface area contributed by atoms with E-state index in [0.717, 1.165) is 13.0 Å². The normalized spacial score (nSPS) is 15.3. The fraction of sp³-hybridized carbons (Fsp3) is 0.667. The molecule has 0 bridgehead atoms. The van der Waals surface area contributed by atoms with Gasteiger partial charge in [-0.05, 0) is 41.7 Å². The number of aliphatic hydroxyl groups is 1. The lowest BCUT2D eigenvalue weighted by atomic mass is 9.91. The summed E-state index contributed by atoms with van der Waals surface area (Å²) in [7, 11) is 1.87. The van der Waals surface area contributed by atoms with Crippen LogP contribution in [0.2, 0.25) is 0 Å². The minimum absolute atomic E-state index is 0.168. The molecular formula is C15H24N2O2S. The van der Waals surface area contributed by atoms with Gasteiger partial charge in [0, 0.05) is 32.8 Å². The zero-order chi connectivity index (χ0) is 14.4. The quantitative estimate of drug-likeness (QED) is 0.797. The number of hydrogen-bond acceptors (Lipinski definition) is 4. The number of carbonyl (C=O) groups excluding carboxylic acids is 1. The average Bonchev–Trinajstić information content (AvgIpc) is 2.86. The van der Waals surface area contributed by atoms with Crippen LogP contribution in [0.3, 0.4) is 0 Å². The van der Waals surface area contributed by atoms with Crippen LogP contribution >= 0.6 is 11.3 Å². The lowest BCUT2D eigenvalue weighted by Gasteiger charge is -2.37. The Bertz CT molecular complexity index is 404. The van der Waals surface area contributed by atoms with E-state index < -0.39 is 0 Å². The van der Waals surface area contributed by atoms with E-state index in [2.05, 4.69) is 16.3 Å². The fourth-order valence-corrected chi connectivity index (χ4v) is 3.12. The molecule has 0 spiro atoms. The Balaban J connectivity index is 1.83. The number of hydrogen-bond donors (Lipinski definition) is 1. The molecule has 112 valence electrons. The number of rotatable bonds is 8. The van der Waals surface area contributed by atoms with Crippen LogP contribution in [0, 0.1) is 0 Å². The van der Waals surface area contributed by atoms with Gasteiger partial charge < -0.3 is 10.0 Å². The van der Waals surface area contributed by atoms with Crippen LogP contribution in [-0.4, -0.2) is 53.6 Å². The van der Waals surface area contributed by atoms with Crippen LogP contribution in [0.1, 0.15) is 31.2 Å². The molecule has 5 heteroatoms. The first-order valence-corrected chi connectivity index (χ1v) is 8.25. The Morgan fingerprint density at radius 1 is 1.50 bits per heavy atom. The minimum atomic E-state index is 0.168. The first-order valence-electron chi connectivity index (χ1n) is 7.30. The summed E-state index contributed by atoms with van der Waals surface area (Å²) in [4.78, 5) is 16.4. The van der Waals surface area contributed by atoms with Crippen LogP contribution in [-0.2, 0) is 11.3 Å². The number of likely N-dealkylation sites (N-methyl/N-ethyl adjacent to an activating group) is 1. The third kappa shape index (κ3) is 4.30. The summed E-state index contributed by atoms with van der Waals surface area (Å²) in [6, 6.07) is 2.60. The molecule has 4 nitrogen and oxygen atoms in total. The van der Waals surface area contributed by atoms with E-state index >= 15 is 0 Å². The molecule has 1 heterocycles. The van der Waals surface area contributed by atoms with Crippen molar-refractivity contribution in [1.29, 1.82) is 0 Å². The second kappa shape index (κ2) is 7.76. The van der Waals surface area contributed by atoms with Crippen molar-refractivity contribution in [3.8, 4) is 0 Å². The Kier molecular flexibility index (Phi) is 6.01. The summed E-state index contributed by atoms with van der Waals surface area (Å²) in [5.74, 6) is 0.168. The van der Waals surface area contributed by atoms with Crippen molar-refractivity contribution in [3.63, 3.8) is 0 Å². The molecule has 1 aromatic heterocycles. The van der Waals surface area contributed by atoms with Crippen LogP contribution in [0.4, 0.5) is 0 Å². The highest BCUT2D eigenvalue weighted by atomic mass is 32.1. The topological polar surface area (TPSA) is 43.8 Å². The number of thiophene rings is 1. The highest BCUT2D eigenvalue weighted by Gasteiger charge is 2.26. The molecule has 0 unspecified atom stereocenters. The van der Waals surface area contributed by atoms with Gasteiger partial charge in [0.05, 0.1) is 6.54 Å². The zero-order valence-corrected chi connectivity index (χ0v) is 12.9. The second-order valence-electron chi connectivity index (χ2n) is 5.51. The van der Waals surface area contributed by atoms with Crippen molar-refractivity contribution in [2.24, 2.45) is 0 Å². The van der Waals surface area contributed by atoms with Gasteiger partial charge in [-0.2, -0.15) is 11.3 Å². The lowest BCUT2D eigenvalue weighted by Crippen LogP contribution is -2.46. The predicted octanol–water partition coefficient (Wildman–Crippen LogP) is 1.94. The van der Waals surface area contributed by atoms with Gasteiger partial charge in [-0.15, -0.1) is 0 Å². The van der Waals surface area contributed by atoms with Crippen molar-refractivity contribution in [2.75, 3.05) is 26.7 Å². The van der Waals surface area contributed by atoms with E-state index in [1.54, 1.807) is 16.2 Å². The monoisotopic (exact) mass is 296 g/mol. The maximum absolute atomic E-state index is 12.3. The van der Waals surface area contributed by atoms with Gasteiger partial charge in [0.2, 0.25) is 5.91 Å². The van der Waals surface area contributed by atoms with E-state index in [1.807, 2.05) is 12.4 Å². The van der Waals surface area contributed by atoms with Gasteiger partial charge in [0.1, 0.15) is 0 Å². The molecular weight excluding hydrogens is 272 g/mol. The van der Waals surface area contributed by atoms with E-state index in [0.29, 0.717) is 19.1 Å². The molecule has 0 atom stereocenters. The van der Waals surface area contributed by atoms with Crippen LogP contribution in [0.15, 0.2) is 16.8 Å². The number of nitrogens with zero attached hydrogens (tertiary/aromatic N) is 2. The van der Waals surface area contributed by atoms with Gasteiger partial charge in [-0.1, -0.05) is 6.42 Å². The highest BCUT2D eigenvalue weighted by Crippen LogP contribution is 2.24. The summed E-state index contributed by atoms with van der Waals surface area (Å²) < 4.78 is 0. The molecule has 0 aromatic carbocycles. The summed E-state index contributed by atoms with van der Waals surface area (Å²) in [5, 5.41) is 13.1. The predicted molar refractivity (Wildman–Crippen MR) is 81.7 cm³/mol. The first-order chi connectivity index (χ1) is 9.70. The summed E-state index contributed by atoms with van der Waals surface area (Å²) >= 11 is 1.66. The maximum Gasteiger partial charge on any atom is 0.236 e. The number of amides is 1. The maximum atomic E-state index is 12.3. The van der Waals surface area contributed by atoms with Gasteiger partial charge in [0.25, 0.3) is 0 Å². The smallest absolute Gasteiger partial charge is 0.236 e. The van der Waals surface area contributed by atoms with Crippen LogP contribution in [0.5, 0.6) is 0 Å². The van der Waals surface area contributed by atoms with Crippen molar-refractivity contribution >= 4 is 17.2 Å². The third-order valence-electron chi connectivity index (χ3n) is 3.96. The second-order valence-corrected chi connectivity index (χ2v) is 6.29. The minimum Gasteiger partial charge on any atom is -0.396 e. The molecule has 0 radical (unpaired) electrons. The van der Waals surface area contributed by atoms with Crippen LogP contribution < -0.4 is 0 Å². The Morgan fingerprint density at radius 2 is 2.30 bits per heavy atom. The lowest BCUT2D eigenvalue weighted by molar-refractivity contribution is -0.132. The Labute approximate surface area is 125 Å². The molecule has 1 amide bonds. The van der Waals surface area contributed by atoms with E-state index in [4.69, 9.17) is 5.11 Å². The molecule has 1 aliphatic rings. The zero-order valence-electron chi connectivity index (χ0n) is 12.1. The molecule has 2 rings (SSSR count). The van der Waals surface area contributed by atoms with Crippen molar-refractivity contribution < 1.29 is 9.90 Å². The SMILES string of the molecule is CN(Cc1ccsc1)C(=O)CN(CCCO)C1CCC1. The van der Waals surface area contributed by atoms with Crippen molar-refractivity contribution in [2.45, 2.75) is 38.3 Å². The van der Waals surface area contributed by atoms with Crippen molar-refractivity contribution in [3.05, 3.63) is 22.4 Å². The molecule has 1 fully saturated rings. The summed E-state index contributed by atoms with van der Waals surface area (Å²) in [6.45, 7) is 2.17. The number of aliphatic hydroxyl groups excluding tert-OH is 1. The molecule has 20 heavy (non-hydrogen) atoms. The summed E-state index contributed by atoms with van der Waals surface area (Å²) in [6.07, 6.45) is 4.39. The summed E-state index contributed by atoms with van der Waals surface area (Å²) in [5.41, 5.74) is 1.19. The molecule has 1 N–H and O–H groups in total. The van der Waals surface area contributed by atoms with Crippen LogP contribution in [0.25, 0.3) is 0 Å². The van der Waals surface area contributed by atoms with E-state index in [-0.39, 0.29) is 12.5 Å². The van der Waals surface area contributed by atoms with Gasteiger partial charge >= 0.3 is 0 Å². The Hall–Kier alpha value is -0.910. The van der Waals surface area contributed by atoms with E-state index in [9.17, 15) is 4.79 Å². The van der Waals surface area contributed by atoms with Gasteiger partial charge in [0.15, 0.2) is 0 Å². The fourth-order valence-electron chi connectivity index (χ4n) is 2.46. The third-order valence-corrected chi connectivity index (χ3v) is 4.69. The molecule has 1 aliphatic carbocycles. The molecule has 1 aromatic rings. The molecule has 0 aliphatic heterocycles. The number of carbonyl (C=O) groups is 1. The van der Waals surface area contributed by atoms with Gasteiger partial charge in [-0.3, -0.25) is 9.69 Å². The Morgan fingerprint density at radius 3 is 2.85 bits per heavy atom. The van der Waals surface area contributed by atoms with E-state index in [1.165, 1.54) is 24.8 Å². The largest absolute Gasteiger partial charge is 0.396 e. The first kappa shape index (κ1) is 15.5. The standard InChI is InChI=1S/C15H24N2O2S/c1-16(10-13-6-9-20-12-13)15(19)11-17(7-3-8-18)14-4-2-5-14/h6,9,12,14,18H,2-5,7-8,10-11H2,1H3.